The molecule has 28 heavy (non-hydrogen) atoms. The quantitative estimate of drug-likeness (QED) is 0.581. The molecule has 0 radical (unpaired) electrons. The van der Waals surface area contributed by atoms with Gasteiger partial charge in [-0.3, -0.25) is 4.79 Å². The van der Waals surface area contributed by atoms with Gasteiger partial charge in [0.15, 0.2) is 5.65 Å². The maximum Gasteiger partial charge on any atom is 0.224 e. The molecule has 3 heterocycles. The number of hydrogen-bond acceptors (Lipinski definition) is 4. The molecule has 0 aliphatic rings. The highest BCUT2D eigenvalue weighted by Crippen LogP contribution is 2.18. The molecule has 0 aliphatic heterocycles. The molecular formula is C21H22N6O. The van der Waals surface area contributed by atoms with Crippen LogP contribution in [0.2, 0.25) is 0 Å². The van der Waals surface area contributed by atoms with E-state index in [1.807, 2.05) is 67.9 Å². The number of nitrogens with zero attached hydrogens (tertiary/aromatic N) is 5. The van der Waals surface area contributed by atoms with Gasteiger partial charge in [-0.1, -0.05) is 0 Å². The molecule has 7 nitrogen and oxygen atoms in total. The lowest BCUT2D eigenvalue weighted by Gasteiger charge is -2.11. The number of anilines is 1. The van der Waals surface area contributed by atoms with Crippen molar-refractivity contribution in [2.45, 2.75) is 33.6 Å². The Bertz CT molecular complexity index is 1130. The Morgan fingerprint density at radius 2 is 1.93 bits per heavy atom. The molecule has 3 aromatic heterocycles. The molecule has 4 aromatic rings. The van der Waals surface area contributed by atoms with E-state index in [9.17, 15) is 4.79 Å². The number of aromatic nitrogens is 5. The number of rotatable bonds is 5. The van der Waals surface area contributed by atoms with E-state index in [-0.39, 0.29) is 5.91 Å². The van der Waals surface area contributed by atoms with Crippen molar-refractivity contribution in [3.8, 4) is 5.69 Å². The van der Waals surface area contributed by atoms with Gasteiger partial charge in [0, 0.05) is 42.0 Å². The second kappa shape index (κ2) is 7.26. The Morgan fingerprint density at radius 1 is 1.14 bits per heavy atom. The summed E-state index contributed by atoms with van der Waals surface area (Å²) in [6, 6.07) is 11.4. The molecule has 1 amide bonds. The lowest BCUT2D eigenvalue weighted by Crippen LogP contribution is -2.14. The number of nitrogens with one attached hydrogen (secondary N) is 1. The van der Waals surface area contributed by atoms with Gasteiger partial charge in [0.1, 0.15) is 0 Å². The van der Waals surface area contributed by atoms with Crippen LogP contribution in [0.5, 0.6) is 0 Å². The number of hydrogen-bond donors (Lipinski definition) is 1. The standard InChI is InChI=1S/C21H22N6O/c1-14-13-20-23-15(2)19(16(3)27(20)25-14)9-10-21(28)24-17-5-7-18(8-6-17)26-12-4-11-22-26/h4-8,11-13H,9-10H2,1-3H3,(H,24,28). The third-order valence-electron chi connectivity index (χ3n) is 4.81. The molecule has 0 spiro atoms. The minimum absolute atomic E-state index is 0.0256. The fraction of sp³-hybridized carbons (Fsp3) is 0.238. The van der Waals surface area contributed by atoms with Crippen molar-refractivity contribution < 1.29 is 4.79 Å². The summed E-state index contributed by atoms with van der Waals surface area (Å²) in [4.78, 5) is 17.0. The predicted molar refractivity (Wildman–Crippen MR) is 108 cm³/mol. The molecule has 0 aliphatic carbocycles. The summed E-state index contributed by atoms with van der Waals surface area (Å²) in [7, 11) is 0. The van der Waals surface area contributed by atoms with Crippen molar-refractivity contribution in [2.75, 3.05) is 5.32 Å². The molecular weight excluding hydrogens is 352 g/mol. The summed E-state index contributed by atoms with van der Waals surface area (Å²) in [6.07, 6.45) is 4.62. The van der Waals surface area contributed by atoms with E-state index in [4.69, 9.17) is 0 Å². The van der Waals surface area contributed by atoms with Gasteiger partial charge in [0.05, 0.1) is 11.4 Å². The minimum Gasteiger partial charge on any atom is -0.326 e. The topological polar surface area (TPSA) is 77.1 Å². The predicted octanol–water partition coefficient (Wildman–Crippen LogP) is 3.41. The molecule has 0 unspecified atom stereocenters. The number of aryl methyl sites for hydroxylation is 3. The molecule has 7 heteroatoms. The molecule has 1 aromatic carbocycles. The normalized spacial score (nSPS) is 11.1. The zero-order valence-electron chi connectivity index (χ0n) is 16.2. The van der Waals surface area contributed by atoms with Gasteiger partial charge in [-0.05, 0) is 63.1 Å². The molecule has 4 rings (SSSR count). The number of carbonyl (C=O) groups excluding carboxylic acids is 1. The highest BCUT2D eigenvalue weighted by atomic mass is 16.1. The first-order chi connectivity index (χ1) is 13.5. The number of amides is 1. The SMILES string of the molecule is Cc1cc2nc(C)c(CCC(=O)Nc3ccc(-n4cccn4)cc3)c(C)n2n1. The molecule has 0 fully saturated rings. The zero-order valence-corrected chi connectivity index (χ0v) is 16.2. The third-order valence-corrected chi connectivity index (χ3v) is 4.81. The smallest absolute Gasteiger partial charge is 0.224 e. The van der Waals surface area contributed by atoms with Crippen LogP contribution in [0.15, 0.2) is 48.8 Å². The largest absolute Gasteiger partial charge is 0.326 e. The van der Waals surface area contributed by atoms with E-state index in [2.05, 4.69) is 20.5 Å². The molecule has 142 valence electrons. The second-order valence-electron chi connectivity index (χ2n) is 6.86. The number of benzene rings is 1. The average molecular weight is 374 g/mol. The first-order valence-corrected chi connectivity index (χ1v) is 9.23. The van der Waals surface area contributed by atoms with Crippen molar-refractivity contribution in [1.29, 1.82) is 0 Å². The summed E-state index contributed by atoms with van der Waals surface area (Å²) < 4.78 is 3.63. The van der Waals surface area contributed by atoms with Gasteiger partial charge in [0.25, 0.3) is 0 Å². The summed E-state index contributed by atoms with van der Waals surface area (Å²) in [5.74, 6) is -0.0256. The van der Waals surface area contributed by atoms with E-state index < -0.39 is 0 Å². The first-order valence-electron chi connectivity index (χ1n) is 9.23. The van der Waals surface area contributed by atoms with Crippen LogP contribution >= 0.6 is 0 Å². The Labute approximate surface area is 163 Å². The van der Waals surface area contributed by atoms with Gasteiger partial charge in [-0.2, -0.15) is 10.2 Å². The van der Waals surface area contributed by atoms with E-state index in [1.165, 1.54) is 0 Å². The lowest BCUT2D eigenvalue weighted by atomic mass is 10.1. The van der Waals surface area contributed by atoms with Crippen LogP contribution in [0.3, 0.4) is 0 Å². The summed E-state index contributed by atoms with van der Waals surface area (Å²) in [6.45, 7) is 5.96. The van der Waals surface area contributed by atoms with Crippen molar-refractivity contribution in [3.05, 3.63) is 71.4 Å². The first kappa shape index (κ1) is 17.9. The van der Waals surface area contributed by atoms with Crippen LogP contribution in [0, 0.1) is 20.8 Å². The van der Waals surface area contributed by atoms with Crippen molar-refractivity contribution in [3.63, 3.8) is 0 Å². The van der Waals surface area contributed by atoms with Gasteiger partial charge in [0.2, 0.25) is 5.91 Å². The highest BCUT2D eigenvalue weighted by molar-refractivity contribution is 5.90. The Kier molecular flexibility index (Phi) is 4.65. The summed E-state index contributed by atoms with van der Waals surface area (Å²) >= 11 is 0. The van der Waals surface area contributed by atoms with Crippen LogP contribution in [0.1, 0.15) is 29.1 Å². The summed E-state index contributed by atoms with van der Waals surface area (Å²) in [5, 5.41) is 11.6. The number of carbonyl (C=O) groups is 1. The Balaban J connectivity index is 1.43. The average Bonchev–Trinajstić information content (AvgIpc) is 3.32. The van der Waals surface area contributed by atoms with E-state index in [1.54, 1.807) is 10.9 Å². The molecule has 0 bridgehead atoms. The van der Waals surface area contributed by atoms with Crippen molar-refractivity contribution in [1.82, 2.24) is 24.4 Å². The van der Waals surface area contributed by atoms with Crippen LogP contribution in [0.25, 0.3) is 11.3 Å². The molecule has 0 atom stereocenters. The van der Waals surface area contributed by atoms with Crippen molar-refractivity contribution in [2.24, 2.45) is 0 Å². The molecule has 0 saturated heterocycles. The van der Waals surface area contributed by atoms with Crippen LogP contribution < -0.4 is 5.32 Å². The van der Waals surface area contributed by atoms with E-state index in [0.717, 1.165) is 39.7 Å². The number of fused-ring (bicyclic) bond motifs is 1. The van der Waals surface area contributed by atoms with Crippen molar-refractivity contribution >= 4 is 17.2 Å². The maximum atomic E-state index is 12.4. The second-order valence-corrected chi connectivity index (χ2v) is 6.86. The van der Waals surface area contributed by atoms with Gasteiger partial charge < -0.3 is 5.32 Å². The van der Waals surface area contributed by atoms with E-state index in [0.29, 0.717) is 12.8 Å². The molecule has 1 N–H and O–H groups in total. The van der Waals surface area contributed by atoms with Gasteiger partial charge in [-0.25, -0.2) is 14.2 Å². The van der Waals surface area contributed by atoms with Gasteiger partial charge in [-0.15, -0.1) is 0 Å². The monoisotopic (exact) mass is 374 g/mol. The van der Waals surface area contributed by atoms with E-state index >= 15 is 0 Å². The third kappa shape index (κ3) is 3.51. The fourth-order valence-corrected chi connectivity index (χ4v) is 3.38. The van der Waals surface area contributed by atoms with Crippen LogP contribution in [0.4, 0.5) is 5.69 Å². The van der Waals surface area contributed by atoms with Gasteiger partial charge >= 0.3 is 0 Å². The van der Waals surface area contributed by atoms with Crippen LogP contribution in [-0.2, 0) is 11.2 Å². The Morgan fingerprint density at radius 3 is 2.64 bits per heavy atom. The maximum absolute atomic E-state index is 12.4. The fourth-order valence-electron chi connectivity index (χ4n) is 3.38. The summed E-state index contributed by atoms with van der Waals surface area (Å²) in [5.41, 5.74) is 6.54. The molecule has 0 saturated carbocycles. The zero-order chi connectivity index (χ0) is 19.7. The van der Waals surface area contributed by atoms with Crippen LogP contribution in [-0.4, -0.2) is 30.3 Å². The Hall–Kier alpha value is -3.48. The lowest BCUT2D eigenvalue weighted by molar-refractivity contribution is -0.116. The highest BCUT2D eigenvalue weighted by Gasteiger charge is 2.13. The minimum atomic E-state index is -0.0256.